The molecule has 6 nitrogen and oxygen atoms in total. The van der Waals surface area contributed by atoms with Crippen molar-refractivity contribution in [3.8, 4) is 5.69 Å². The molecule has 1 amide bonds. The van der Waals surface area contributed by atoms with Crippen LogP contribution in [0.25, 0.3) is 16.7 Å². The van der Waals surface area contributed by atoms with Crippen LogP contribution in [-0.2, 0) is 0 Å². The third kappa shape index (κ3) is 3.01. The van der Waals surface area contributed by atoms with E-state index in [0.29, 0.717) is 5.56 Å². The molecular weight excluding hydrogens is 314 g/mol. The van der Waals surface area contributed by atoms with Gasteiger partial charge in [-0.25, -0.2) is 9.67 Å². The van der Waals surface area contributed by atoms with Gasteiger partial charge in [-0.3, -0.25) is 4.79 Å². The molecule has 25 heavy (non-hydrogen) atoms. The van der Waals surface area contributed by atoms with Crippen LogP contribution in [-0.4, -0.2) is 25.7 Å². The average Bonchev–Trinajstić information content (AvgIpc) is 3.29. The minimum atomic E-state index is -0.236. The SMILES string of the molecule is C[C@@H](NC(=O)c1cnn(-c2ccccc2)c1)c1nc2ccccc2[nH]1. The fraction of sp³-hybridized carbons (Fsp3) is 0.105. The normalized spacial score (nSPS) is 12.2. The first kappa shape index (κ1) is 15.1. The van der Waals surface area contributed by atoms with Crippen molar-refractivity contribution < 1.29 is 4.79 Å². The number of imidazole rings is 1. The van der Waals surface area contributed by atoms with E-state index in [1.807, 2.05) is 61.5 Å². The Hall–Kier alpha value is -3.41. The van der Waals surface area contributed by atoms with Gasteiger partial charge >= 0.3 is 0 Å². The number of carbonyl (C=O) groups is 1. The molecule has 2 aromatic heterocycles. The fourth-order valence-corrected chi connectivity index (χ4v) is 2.69. The van der Waals surface area contributed by atoms with E-state index in [0.717, 1.165) is 22.5 Å². The van der Waals surface area contributed by atoms with Gasteiger partial charge in [0.25, 0.3) is 5.91 Å². The molecule has 4 rings (SSSR count). The van der Waals surface area contributed by atoms with Crippen LogP contribution in [0.2, 0.25) is 0 Å². The molecule has 0 unspecified atom stereocenters. The summed E-state index contributed by atoms with van der Waals surface area (Å²) < 4.78 is 1.68. The Kier molecular flexibility index (Phi) is 3.78. The van der Waals surface area contributed by atoms with Crippen molar-refractivity contribution in [1.29, 1.82) is 0 Å². The molecule has 0 aliphatic carbocycles. The van der Waals surface area contributed by atoms with Crippen LogP contribution in [0.15, 0.2) is 67.0 Å². The number of hydrogen-bond acceptors (Lipinski definition) is 3. The summed E-state index contributed by atoms with van der Waals surface area (Å²) in [5, 5.41) is 7.21. The molecule has 0 saturated carbocycles. The first-order chi connectivity index (χ1) is 12.2. The summed E-state index contributed by atoms with van der Waals surface area (Å²) in [5.41, 5.74) is 3.25. The van der Waals surface area contributed by atoms with Crippen molar-refractivity contribution in [3.05, 3.63) is 78.4 Å². The van der Waals surface area contributed by atoms with Gasteiger partial charge in [-0.2, -0.15) is 5.10 Å². The molecule has 1 atom stereocenters. The highest BCUT2D eigenvalue weighted by Gasteiger charge is 2.16. The Morgan fingerprint density at radius 2 is 1.88 bits per heavy atom. The van der Waals surface area contributed by atoms with Crippen LogP contribution in [0.5, 0.6) is 0 Å². The molecule has 0 bridgehead atoms. The third-order valence-electron chi connectivity index (χ3n) is 4.03. The molecule has 0 spiro atoms. The number of nitrogens with one attached hydrogen (secondary N) is 2. The molecule has 2 heterocycles. The lowest BCUT2D eigenvalue weighted by molar-refractivity contribution is 0.0938. The molecule has 0 radical (unpaired) electrons. The highest BCUT2D eigenvalue weighted by molar-refractivity contribution is 5.94. The topological polar surface area (TPSA) is 75.6 Å². The van der Waals surface area contributed by atoms with Crippen molar-refractivity contribution in [3.63, 3.8) is 0 Å². The highest BCUT2D eigenvalue weighted by Crippen LogP contribution is 2.16. The Morgan fingerprint density at radius 1 is 1.12 bits per heavy atom. The van der Waals surface area contributed by atoms with E-state index in [-0.39, 0.29) is 11.9 Å². The van der Waals surface area contributed by atoms with Crippen LogP contribution in [0, 0.1) is 0 Å². The number of fused-ring (bicyclic) bond motifs is 1. The van der Waals surface area contributed by atoms with Gasteiger partial charge in [-0.1, -0.05) is 30.3 Å². The minimum absolute atomic E-state index is 0.185. The summed E-state index contributed by atoms with van der Waals surface area (Å²) in [5.74, 6) is 0.542. The second-order valence-corrected chi connectivity index (χ2v) is 5.84. The summed E-state index contributed by atoms with van der Waals surface area (Å²) in [6.45, 7) is 1.90. The van der Waals surface area contributed by atoms with Crippen LogP contribution >= 0.6 is 0 Å². The quantitative estimate of drug-likeness (QED) is 0.603. The smallest absolute Gasteiger partial charge is 0.255 e. The molecule has 4 aromatic rings. The van der Waals surface area contributed by atoms with Gasteiger partial charge < -0.3 is 10.3 Å². The molecule has 0 aliphatic heterocycles. The standard InChI is InChI=1S/C19H17N5O/c1-13(18-22-16-9-5-6-10-17(16)23-18)21-19(25)14-11-20-24(12-14)15-7-3-2-4-8-15/h2-13H,1H3,(H,21,25)(H,22,23)/t13-/m1/s1. The average molecular weight is 331 g/mol. The summed E-state index contributed by atoms with van der Waals surface area (Å²) in [6, 6.07) is 17.2. The van der Waals surface area contributed by atoms with Crippen LogP contribution in [0.3, 0.4) is 0 Å². The second-order valence-electron chi connectivity index (χ2n) is 5.84. The van der Waals surface area contributed by atoms with E-state index in [1.54, 1.807) is 17.1 Å². The monoisotopic (exact) mass is 331 g/mol. The van der Waals surface area contributed by atoms with Crippen LogP contribution in [0.1, 0.15) is 29.1 Å². The number of hydrogen-bond donors (Lipinski definition) is 2. The van der Waals surface area contributed by atoms with E-state index in [4.69, 9.17) is 0 Å². The number of aromatic amines is 1. The van der Waals surface area contributed by atoms with E-state index in [2.05, 4.69) is 20.4 Å². The number of aromatic nitrogens is 4. The fourth-order valence-electron chi connectivity index (χ4n) is 2.69. The van der Waals surface area contributed by atoms with Gasteiger partial charge in [0.1, 0.15) is 5.82 Å². The summed E-state index contributed by atoms with van der Waals surface area (Å²) in [4.78, 5) is 20.2. The Bertz CT molecular complexity index is 985. The van der Waals surface area contributed by atoms with E-state index < -0.39 is 0 Å². The first-order valence-corrected chi connectivity index (χ1v) is 8.06. The predicted molar refractivity (Wildman–Crippen MR) is 95.5 cm³/mol. The zero-order chi connectivity index (χ0) is 17.2. The van der Waals surface area contributed by atoms with Gasteiger partial charge in [0.2, 0.25) is 0 Å². The number of H-pyrrole nitrogens is 1. The van der Waals surface area contributed by atoms with E-state index in [1.165, 1.54) is 0 Å². The lowest BCUT2D eigenvalue weighted by Crippen LogP contribution is -2.27. The number of carbonyl (C=O) groups excluding carboxylic acids is 1. The Morgan fingerprint density at radius 3 is 2.68 bits per heavy atom. The Labute approximate surface area is 144 Å². The number of rotatable bonds is 4. The zero-order valence-corrected chi connectivity index (χ0v) is 13.7. The van der Waals surface area contributed by atoms with Gasteiger partial charge in [0, 0.05) is 6.20 Å². The van der Waals surface area contributed by atoms with Gasteiger partial charge in [-0.15, -0.1) is 0 Å². The summed E-state index contributed by atoms with van der Waals surface area (Å²) >= 11 is 0. The highest BCUT2D eigenvalue weighted by atomic mass is 16.1. The predicted octanol–water partition coefficient (Wildman–Crippen LogP) is 3.24. The molecule has 2 aromatic carbocycles. The maximum atomic E-state index is 12.5. The van der Waals surface area contributed by atoms with Crippen molar-refractivity contribution in [2.24, 2.45) is 0 Å². The van der Waals surface area contributed by atoms with Crippen molar-refractivity contribution in [1.82, 2.24) is 25.1 Å². The maximum absolute atomic E-state index is 12.5. The summed E-state index contributed by atoms with van der Waals surface area (Å²) in [7, 11) is 0. The van der Waals surface area contributed by atoms with Crippen molar-refractivity contribution in [2.45, 2.75) is 13.0 Å². The number of nitrogens with zero attached hydrogens (tertiary/aromatic N) is 3. The van der Waals surface area contributed by atoms with E-state index in [9.17, 15) is 4.79 Å². The molecule has 0 saturated heterocycles. The molecule has 6 heteroatoms. The molecular formula is C19H17N5O. The number of para-hydroxylation sites is 3. The largest absolute Gasteiger partial charge is 0.342 e. The molecule has 2 N–H and O–H groups in total. The lowest BCUT2D eigenvalue weighted by Gasteiger charge is -2.10. The summed E-state index contributed by atoms with van der Waals surface area (Å²) in [6.07, 6.45) is 3.28. The first-order valence-electron chi connectivity index (χ1n) is 8.06. The van der Waals surface area contributed by atoms with Crippen LogP contribution < -0.4 is 5.32 Å². The van der Waals surface area contributed by atoms with Crippen molar-refractivity contribution in [2.75, 3.05) is 0 Å². The van der Waals surface area contributed by atoms with E-state index >= 15 is 0 Å². The minimum Gasteiger partial charge on any atom is -0.342 e. The number of amides is 1. The molecule has 124 valence electrons. The zero-order valence-electron chi connectivity index (χ0n) is 13.7. The van der Waals surface area contributed by atoms with Gasteiger partial charge in [0.05, 0.1) is 34.5 Å². The number of benzene rings is 2. The lowest BCUT2D eigenvalue weighted by atomic mass is 10.2. The Balaban J connectivity index is 1.51. The molecule has 0 aliphatic rings. The second kappa shape index (κ2) is 6.24. The van der Waals surface area contributed by atoms with Crippen LogP contribution in [0.4, 0.5) is 0 Å². The molecule has 0 fully saturated rings. The van der Waals surface area contributed by atoms with Crippen molar-refractivity contribution >= 4 is 16.9 Å². The van der Waals surface area contributed by atoms with Gasteiger partial charge in [-0.05, 0) is 31.2 Å². The third-order valence-corrected chi connectivity index (χ3v) is 4.03. The van der Waals surface area contributed by atoms with Gasteiger partial charge in [0.15, 0.2) is 0 Å². The maximum Gasteiger partial charge on any atom is 0.255 e.